The lowest BCUT2D eigenvalue weighted by Gasteiger charge is -1.97. The molecule has 4 heteroatoms. The quantitative estimate of drug-likeness (QED) is 0.329. The Labute approximate surface area is 158 Å². The summed E-state index contributed by atoms with van der Waals surface area (Å²) in [6, 6.07) is 7.98. The molecule has 2 heterocycles. The second-order valence-corrected chi connectivity index (χ2v) is 6.78. The van der Waals surface area contributed by atoms with Gasteiger partial charge < -0.3 is 8.83 Å². The highest BCUT2D eigenvalue weighted by Crippen LogP contribution is 2.31. The number of rotatable bonds is 7. The Bertz CT molecular complexity index is 1130. The maximum absolute atomic E-state index is 5.91. The van der Waals surface area contributed by atoms with Crippen molar-refractivity contribution in [2.45, 2.75) is 46.0 Å². The third-order valence-electron chi connectivity index (χ3n) is 4.74. The molecule has 2 aromatic heterocycles. The number of benzene rings is 2. The summed E-state index contributed by atoms with van der Waals surface area (Å²) in [4.78, 5) is 9.30. The molecule has 27 heavy (non-hydrogen) atoms. The highest BCUT2D eigenvalue weighted by Gasteiger charge is 2.13. The van der Waals surface area contributed by atoms with Gasteiger partial charge in [0.1, 0.15) is 11.0 Å². The third kappa shape index (κ3) is 3.52. The third-order valence-corrected chi connectivity index (χ3v) is 4.74. The fraction of sp³-hybridized carbons (Fsp3) is 0.304. The zero-order chi connectivity index (χ0) is 18.6. The van der Waals surface area contributed by atoms with Crippen molar-refractivity contribution >= 4 is 45.1 Å². The number of aromatic nitrogens is 2. The van der Waals surface area contributed by atoms with Gasteiger partial charge in [0.15, 0.2) is 11.2 Å². The van der Waals surface area contributed by atoms with E-state index in [1.165, 1.54) is 25.7 Å². The van der Waals surface area contributed by atoms with Crippen molar-refractivity contribution in [3.05, 3.63) is 48.2 Å². The largest absolute Gasteiger partial charge is 0.437 e. The van der Waals surface area contributed by atoms with Crippen molar-refractivity contribution in [3.8, 4) is 0 Å². The average Bonchev–Trinajstić information content (AvgIpc) is 3.27. The summed E-state index contributed by atoms with van der Waals surface area (Å²) in [6.07, 6.45) is 14.0. The molecule has 0 spiro atoms. The maximum Gasteiger partial charge on any atom is 0.219 e. The molecule has 2 aromatic carbocycles. The lowest BCUT2D eigenvalue weighted by Crippen LogP contribution is -1.79. The smallest absolute Gasteiger partial charge is 0.219 e. The number of hydrogen-bond acceptors (Lipinski definition) is 4. The number of fused-ring (bicyclic) bond motifs is 5. The molecule has 0 saturated carbocycles. The van der Waals surface area contributed by atoms with E-state index in [0.29, 0.717) is 11.8 Å². The average molecular weight is 360 g/mol. The zero-order valence-corrected chi connectivity index (χ0v) is 15.9. The van der Waals surface area contributed by atoms with Gasteiger partial charge in [0, 0.05) is 10.8 Å². The minimum Gasteiger partial charge on any atom is -0.437 e. The molecule has 138 valence electrons. The first-order valence-corrected chi connectivity index (χ1v) is 9.72. The van der Waals surface area contributed by atoms with Gasteiger partial charge >= 0.3 is 0 Å². The Kier molecular flexibility index (Phi) is 5.05. The van der Waals surface area contributed by atoms with Crippen LogP contribution in [0, 0.1) is 0 Å². The van der Waals surface area contributed by atoms with Crippen molar-refractivity contribution in [2.24, 2.45) is 0 Å². The molecular formula is C23H24N2O2. The van der Waals surface area contributed by atoms with Crippen LogP contribution in [-0.4, -0.2) is 9.97 Å². The monoisotopic (exact) mass is 360 g/mol. The van der Waals surface area contributed by atoms with E-state index in [4.69, 9.17) is 13.8 Å². The molecule has 0 radical (unpaired) electrons. The highest BCUT2D eigenvalue weighted by atomic mass is 16.4. The summed E-state index contributed by atoms with van der Waals surface area (Å²) in [7, 11) is 0. The molecule has 0 N–H and O–H groups in total. The number of unbranched alkanes of at least 4 members (excludes halogenated alkanes) is 4. The molecule has 0 aliphatic heterocycles. The van der Waals surface area contributed by atoms with E-state index >= 15 is 0 Å². The molecular weight excluding hydrogens is 336 g/mol. The summed E-state index contributed by atoms with van der Waals surface area (Å²) in [6.45, 7) is 4.18. The molecule has 0 unspecified atom stereocenters. The predicted molar refractivity (Wildman–Crippen MR) is 112 cm³/mol. The fourth-order valence-electron chi connectivity index (χ4n) is 3.38. The Morgan fingerprint density at radius 2 is 1.44 bits per heavy atom. The van der Waals surface area contributed by atoms with Gasteiger partial charge in [0.25, 0.3) is 0 Å². The van der Waals surface area contributed by atoms with E-state index < -0.39 is 0 Å². The van der Waals surface area contributed by atoms with Crippen molar-refractivity contribution in [1.82, 2.24) is 9.97 Å². The van der Waals surface area contributed by atoms with Gasteiger partial charge in [-0.1, -0.05) is 38.3 Å². The molecule has 0 amide bonds. The van der Waals surface area contributed by atoms with Crippen LogP contribution in [0.3, 0.4) is 0 Å². The molecule has 0 bridgehead atoms. The van der Waals surface area contributed by atoms with Crippen LogP contribution in [0.2, 0.25) is 0 Å². The van der Waals surface area contributed by atoms with Crippen LogP contribution >= 0.6 is 0 Å². The molecule has 0 fully saturated rings. The normalized spacial score (nSPS) is 12.5. The van der Waals surface area contributed by atoms with Crippen molar-refractivity contribution < 1.29 is 8.83 Å². The second kappa shape index (κ2) is 7.78. The van der Waals surface area contributed by atoms with Gasteiger partial charge in [0.05, 0.1) is 0 Å². The molecule has 0 aliphatic carbocycles. The second-order valence-electron chi connectivity index (χ2n) is 6.78. The Morgan fingerprint density at radius 1 is 0.815 bits per heavy atom. The number of nitrogens with zero attached hydrogens (tertiary/aromatic N) is 2. The van der Waals surface area contributed by atoms with E-state index in [-0.39, 0.29) is 0 Å². The van der Waals surface area contributed by atoms with Gasteiger partial charge in [-0.2, -0.15) is 0 Å². The predicted octanol–water partition coefficient (Wildman–Crippen LogP) is 7.14. The van der Waals surface area contributed by atoms with Crippen LogP contribution in [0.25, 0.3) is 45.1 Å². The van der Waals surface area contributed by atoms with E-state index in [1.54, 1.807) is 0 Å². The van der Waals surface area contributed by atoms with Crippen LogP contribution in [0.5, 0.6) is 0 Å². The Balaban J connectivity index is 1.67. The molecule has 0 atom stereocenters. The number of allylic oxidation sites excluding steroid dienone is 2. The Hall–Kier alpha value is -2.88. The van der Waals surface area contributed by atoms with E-state index in [2.05, 4.69) is 18.0 Å². The molecule has 4 rings (SSSR count). The highest BCUT2D eigenvalue weighted by molar-refractivity contribution is 6.13. The summed E-state index contributed by atoms with van der Waals surface area (Å²) >= 11 is 0. The topological polar surface area (TPSA) is 52.1 Å². The van der Waals surface area contributed by atoms with Crippen LogP contribution in [-0.2, 0) is 0 Å². The number of oxazole rings is 2. The molecule has 0 aliphatic rings. The summed E-state index contributed by atoms with van der Waals surface area (Å²) in [5.41, 5.74) is 3.31. The number of hydrogen-bond donors (Lipinski definition) is 0. The van der Waals surface area contributed by atoms with Gasteiger partial charge in [0.2, 0.25) is 11.8 Å². The minimum atomic E-state index is 0.618. The van der Waals surface area contributed by atoms with Crippen molar-refractivity contribution in [2.75, 3.05) is 0 Å². The van der Waals surface area contributed by atoms with Gasteiger partial charge in [-0.15, -0.1) is 0 Å². The Morgan fingerprint density at radius 3 is 2.04 bits per heavy atom. The fourth-order valence-corrected chi connectivity index (χ4v) is 3.38. The van der Waals surface area contributed by atoms with Gasteiger partial charge in [-0.05, 0) is 56.2 Å². The summed E-state index contributed by atoms with van der Waals surface area (Å²) in [5.74, 6) is 1.27. The van der Waals surface area contributed by atoms with Crippen molar-refractivity contribution in [1.29, 1.82) is 0 Å². The van der Waals surface area contributed by atoms with Crippen molar-refractivity contribution in [3.63, 3.8) is 0 Å². The van der Waals surface area contributed by atoms with E-state index in [0.717, 1.165) is 39.4 Å². The SMILES string of the molecule is C/C=C/c1nc2c(ccc3c2ccc2oc(/C=C/CCCCCC)nc23)o1. The van der Waals surface area contributed by atoms with Crippen LogP contribution in [0.15, 0.2) is 45.3 Å². The first-order valence-electron chi connectivity index (χ1n) is 9.72. The maximum atomic E-state index is 5.91. The molecule has 0 saturated heterocycles. The van der Waals surface area contributed by atoms with Crippen LogP contribution in [0.4, 0.5) is 0 Å². The summed E-state index contributed by atoms with van der Waals surface area (Å²) < 4.78 is 11.7. The van der Waals surface area contributed by atoms with E-state index in [9.17, 15) is 0 Å². The van der Waals surface area contributed by atoms with Gasteiger partial charge in [-0.25, -0.2) is 9.97 Å². The minimum absolute atomic E-state index is 0.618. The van der Waals surface area contributed by atoms with Gasteiger partial charge in [-0.3, -0.25) is 0 Å². The summed E-state index contributed by atoms with van der Waals surface area (Å²) in [5, 5.41) is 2.06. The first-order chi connectivity index (χ1) is 13.3. The zero-order valence-electron chi connectivity index (χ0n) is 15.9. The lowest BCUT2D eigenvalue weighted by molar-refractivity contribution is 0.588. The van der Waals surface area contributed by atoms with E-state index in [1.807, 2.05) is 49.4 Å². The van der Waals surface area contributed by atoms with Crippen LogP contribution < -0.4 is 0 Å². The lowest BCUT2D eigenvalue weighted by atomic mass is 10.1. The molecule has 4 nitrogen and oxygen atoms in total. The standard InChI is InChI=1S/C23H24N2O2/c1-3-5-6-7-8-9-11-21-25-23-17-12-14-18-22(24-20(26-18)10-4-2)16(17)13-15-19(23)27-21/h4,9-15H,3,5-8H2,1-2H3/b10-4+,11-9+. The first kappa shape index (κ1) is 17.5. The van der Waals surface area contributed by atoms with Crippen LogP contribution in [0.1, 0.15) is 57.7 Å². The molecule has 4 aromatic rings.